The minimum Gasteiger partial charge on any atom is -0.383 e. The van der Waals surface area contributed by atoms with Gasteiger partial charge in [0.05, 0.1) is 13.7 Å². The summed E-state index contributed by atoms with van der Waals surface area (Å²) >= 11 is 5.03. The lowest BCUT2D eigenvalue weighted by Gasteiger charge is -2.08. The number of rotatable bonds is 1. The van der Waals surface area contributed by atoms with Crippen LogP contribution < -0.4 is 5.73 Å². The lowest BCUT2D eigenvalue weighted by atomic mass is 10.2. The maximum absolute atomic E-state index is 13.4. The summed E-state index contributed by atoms with van der Waals surface area (Å²) in [7, 11) is 0. The Morgan fingerprint density at radius 3 is 2.56 bits per heavy atom. The van der Waals surface area contributed by atoms with Gasteiger partial charge in [-0.05, 0) is 57.6 Å². The summed E-state index contributed by atoms with van der Waals surface area (Å²) in [5, 5.41) is 0. The van der Waals surface area contributed by atoms with E-state index in [9.17, 15) is 8.78 Å². The highest BCUT2D eigenvalue weighted by Gasteiger charge is 2.16. The van der Waals surface area contributed by atoms with Gasteiger partial charge in [0.25, 0.3) is 0 Å². The van der Waals surface area contributed by atoms with Crippen molar-refractivity contribution in [2.75, 3.05) is 5.73 Å². The number of benzene rings is 1. The van der Waals surface area contributed by atoms with Crippen LogP contribution >= 0.6 is 38.5 Å². The van der Waals surface area contributed by atoms with Crippen LogP contribution in [-0.4, -0.2) is 9.97 Å². The molecule has 18 heavy (non-hydrogen) atoms. The van der Waals surface area contributed by atoms with Crippen molar-refractivity contribution >= 4 is 44.3 Å². The van der Waals surface area contributed by atoms with Gasteiger partial charge in [0.2, 0.25) is 0 Å². The molecule has 2 rings (SSSR count). The van der Waals surface area contributed by atoms with Gasteiger partial charge in [0.15, 0.2) is 17.5 Å². The van der Waals surface area contributed by atoms with Crippen molar-refractivity contribution in [1.82, 2.24) is 9.97 Å². The summed E-state index contributed by atoms with van der Waals surface area (Å²) in [6.45, 7) is 1.77. The van der Waals surface area contributed by atoms with E-state index in [-0.39, 0.29) is 10.3 Å². The lowest BCUT2D eigenvalue weighted by Crippen LogP contribution is -2.03. The van der Waals surface area contributed by atoms with Crippen LogP contribution in [-0.2, 0) is 0 Å². The Morgan fingerprint density at radius 1 is 1.28 bits per heavy atom. The van der Waals surface area contributed by atoms with Crippen LogP contribution in [0.15, 0.2) is 16.6 Å². The van der Waals surface area contributed by atoms with E-state index in [1.807, 2.05) is 22.6 Å². The second-order valence-corrected chi connectivity index (χ2v) is 5.43. The van der Waals surface area contributed by atoms with E-state index in [1.165, 1.54) is 6.07 Å². The van der Waals surface area contributed by atoms with Gasteiger partial charge in [-0.3, -0.25) is 0 Å². The smallest absolute Gasteiger partial charge is 0.173 e. The fourth-order valence-electron chi connectivity index (χ4n) is 1.40. The molecule has 1 aromatic carbocycles. The number of hydrogen-bond donors (Lipinski definition) is 1. The van der Waals surface area contributed by atoms with Gasteiger partial charge < -0.3 is 5.73 Å². The van der Waals surface area contributed by atoms with Gasteiger partial charge in [-0.15, -0.1) is 0 Å². The fraction of sp³-hybridized carbons (Fsp3) is 0.0909. The zero-order valence-corrected chi connectivity index (χ0v) is 12.9. The largest absolute Gasteiger partial charge is 0.383 e. The number of aryl methyl sites for hydroxylation is 1. The molecule has 0 fully saturated rings. The van der Waals surface area contributed by atoms with Crippen molar-refractivity contribution in [2.45, 2.75) is 6.92 Å². The number of hydrogen-bond acceptors (Lipinski definition) is 3. The number of halogens is 4. The third-order valence-corrected chi connectivity index (χ3v) is 4.43. The predicted molar refractivity (Wildman–Crippen MR) is 77.0 cm³/mol. The average Bonchev–Trinajstić information content (AvgIpc) is 2.33. The fourth-order valence-corrected chi connectivity index (χ4v) is 2.14. The highest BCUT2D eigenvalue weighted by atomic mass is 127. The first-order valence-corrected chi connectivity index (χ1v) is 6.72. The van der Waals surface area contributed by atoms with E-state index in [1.54, 1.807) is 6.92 Å². The van der Waals surface area contributed by atoms with E-state index in [2.05, 4.69) is 25.9 Å². The molecule has 3 nitrogen and oxygen atoms in total. The molecule has 1 aromatic heterocycles. The summed E-state index contributed by atoms with van der Waals surface area (Å²) < 4.78 is 27.2. The molecule has 2 N–H and O–H groups in total. The molecule has 0 radical (unpaired) electrons. The molecule has 0 spiro atoms. The Balaban J connectivity index is 2.67. The molecule has 0 aliphatic carbocycles. The zero-order valence-electron chi connectivity index (χ0n) is 9.14. The van der Waals surface area contributed by atoms with E-state index >= 15 is 0 Å². The SMILES string of the molecule is Cc1nc(-c2ccc(F)c(F)c2Br)nc(N)c1I. The zero-order chi connectivity index (χ0) is 13.4. The van der Waals surface area contributed by atoms with Crippen LogP contribution in [0.1, 0.15) is 5.69 Å². The molecule has 1 heterocycles. The van der Waals surface area contributed by atoms with Gasteiger partial charge in [0.1, 0.15) is 5.82 Å². The molecule has 0 aliphatic rings. The van der Waals surface area contributed by atoms with E-state index in [0.29, 0.717) is 17.1 Å². The van der Waals surface area contributed by atoms with Crippen LogP contribution in [0.4, 0.5) is 14.6 Å². The topological polar surface area (TPSA) is 51.8 Å². The summed E-state index contributed by atoms with van der Waals surface area (Å²) in [6.07, 6.45) is 0. The van der Waals surface area contributed by atoms with E-state index < -0.39 is 11.6 Å². The van der Waals surface area contributed by atoms with Crippen molar-refractivity contribution in [1.29, 1.82) is 0 Å². The second-order valence-electron chi connectivity index (χ2n) is 3.55. The number of aromatic nitrogens is 2. The standard InChI is InChI=1S/C11H7BrF2IN3/c1-4-9(15)10(16)18-11(17-4)5-2-3-6(13)8(14)7(5)12/h2-3H,1H3,(H2,16,17,18). The van der Waals surface area contributed by atoms with Crippen LogP contribution in [0, 0.1) is 22.1 Å². The predicted octanol–water partition coefficient (Wildman–Crippen LogP) is 3.68. The molecule has 0 amide bonds. The summed E-state index contributed by atoms with van der Waals surface area (Å²) in [4.78, 5) is 8.29. The maximum Gasteiger partial charge on any atom is 0.173 e. The van der Waals surface area contributed by atoms with Gasteiger partial charge in [-0.2, -0.15) is 0 Å². The number of nitrogen functional groups attached to an aromatic ring is 1. The summed E-state index contributed by atoms with van der Waals surface area (Å²) in [6, 6.07) is 2.44. The molecular weight excluding hydrogens is 419 g/mol. The Kier molecular flexibility index (Phi) is 3.81. The quantitative estimate of drug-likeness (QED) is 0.560. The Hall–Kier alpha value is -0.830. The molecule has 0 saturated carbocycles. The maximum atomic E-state index is 13.4. The first-order chi connectivity index (χ1) is 8.41. The molecule has 0 bridgehead atoms. The molecule has 0 unspecified atom stereocenters. The lowest BCUT2D eigenvalue weighted by molar-refractivity contribution is 0.504. The third kappa shape index (κ3) is 2.33. The molecule has 0 saturated heterocycles. The van der Waals surface area contributed by atoms with Crippen molar-refractivity contribution < 1.29 is 8.78 Å². The minimum atomic E-state index is -0.967. The molecular formula is C11H7BrF2IN3. The Bertz CT molecular complexity index is 611. The first-order valence-electron chi connectivity index (χ1n) is 4.85. The van der Waals surface area contributed by atoms with Crippen LogP contribution in [0.3, 0.4) is 0 Å². The third-order valence-electron chi connectivity index (χ3n) is 2.32. The monoisotopic (exact) mass is 425 g/mol. The van der Waals surface area contributed by atoms with Crippen molar-refractivity contribution in [3.63, 3.8) is 0 Å². The van der Waals surface area contributed by atoms with Crippen LogP contribution in [0.25, 0.3) is 11.4 Å². The minimum absolute atomic E-state index is 0.0116. The van der Waals surface area contributed by atoms with Crippen LogP contribution in [0.2, 0.25) is 0 Å². The Morgan fingerprint density at radius 2 is 1.94 bits per heavy atom. The molecule has 0 atom stereocenters. The average molecular weight is 426 g/mol. The molecule has 94 valence electrons. The molecule has 0 aliphatic heterocycles. The van der Waals surface area contributed by atoms with Crippen molar-refractivity contribution in [3.8, 4) is 11.4 Å². The number of anilines is 1. The number of nitrogens with two attached hydrogens (primary N) is 1. The van der Waals surface area contributed by atoms with Gasteiger partial charge >= 0.3 is 0 Å². The van der Waals surface area contributed by atoms with Gasteiger partial charge in [0, 0.05) is 5.56 Å². The summed E-state index contributed by atoms with van der Waals surface area (Å²) in [5.74, 6) is -1.32. The second kappa shape index (κ2) is 5.04. The highest BCUT2D eigenvalue weighted by molar-refractivity contribution is 14.1. The van der Waals surface area contributed by atoms with E-state index in [0.717, 1.165) is 9.64 Å². The first kappa shape index (κ1) is 13.6. The van der Waals surface area contributed by atoms with E-state index in [4.69, 9.17) is 5.73 Å². The molecule has 2 aromatic rings. The normalized spacial score (nSPS) is 10.7. The van der Waals surface area contributed by atoms with Crippen molar-refractivity contribution in [3.05, 3.63) is 37.5 Å². The number of nitrogens with zero attached hydrogens (tertiary/aromatic N) is 2. The van der Waals surface area contributed by atoms with Gasteiger partial charge in [-0.25, -0.2) is 18.7 Å². The Labute approximate surface area is 124 Å². The van der Waals surface area contributed by atoms with Gasteiger partial charge in [-0.1, -0.05) is 0 Å². The molecule has 7 heteroatoms. The van der Waals surface area contributed by atoms with Crippen LogP contribution in [0.5, 0.6) is 0 Å². The highest BCUT2D eigenvalue weighted by Crippen LogP contribution is 2.31. The van der Waals surface area contributed by atoms with Crippen molar-refractivity contribution in [2.24, 2.45) is 0 Å². The summed E-state index contributed by atoms with van der Waals surface area (Å²) in [5.41, 5.74) is 6.79.